The topological polar surface area (TPSA) is 113 Å². The highest BCUT2D eigenvalue weighted by Gasteiger charge is 2.61. The third-order valence-electron chi connectivity index (χ3n) is 3.35. The van der Waals surface area contributed by atoms with Gasteiger partial charge in [0, 0.05) is 11.7 Å². The lowest BCUT2D eigenvalue weighted by Gasteiger charge is -2.24. The molecule has 0 aromatic carbocycles. The summed E-state index contributed by atoms with van der Waals surface area (Å²) in [6, 6.07) is -0.372. The van der Waals surface area contributed by atoms with E-state index < -0.39 is 33.1 Å². The van der Waals surface area contributed by atoms with Crippen molar-refractivity contribution in [3.8, 4) is 0 Å². The smallest absolute Gasteiger partial charge is 0.349 e. The van der Waals surface area contributed by atoms with Crippen LogP contribution in [0.4, 0.5) is 0 Å². The van der Waals surface area contributed by atoms with Crippen LogP contribution < -0.4 is 0 Å². The van der Waals surface area contributed by atoms with Crippen LogP contribution in [0.5, 0.6) is 0 Å². The van der Waals surface area contributed by atoms with Crippen LogP contribution in [0.3, 0.4) is 0 Å². The van der Waals surface area contributed by atoms with E-state index >= 15 is 0 Å². The van der Waals surface area contributed by atoms with Gasteiger partial charge in [0.1, 0.15) is 7.85 Å². The first-order valence-corrected chi connectivity index (χ1v) is 9.30. The summed E-state index contributed by atoms with van der Waals surface area (Å²) in [5.41, 5.74) is -0.0769. The predicted molar refractivity (Wildman–Crippen MR) is 70.7 cm³/mol. The van der Waals surface area contributed by atoms with E-state index in [2.05, 4.69) is 0 Å². The first-order chi connectivity index (χ1) is 8.53. The van der Waals surface area contributed by atoms with Gasteiger partial charge in [0.15, 0.2) is 0 Å². The largest absolute Gasteiger partial charge is 0.376 e. The van der Waals surface area contributed by atoms with Gasteiger partial charge in [-0.25, -0.2) is 0 Å². The van der Waals surface area contributed by atoms with Gasteiger partial charge in [0.05, 0.1) is 23.9 Å². The monoisotopic (exact) mass is 310 g/mol. The minimum absolute atomic E-state index is 0.332. The van der Waals surface area contributed by atoms with E-state index in [4.69, 9.17) is 19.0 Å². The van der Waals surface area contributed by atoms with Gasteiger partial charge in [0.25, 0.3) is 0 Å². The molecular formula is C9H17BO7P2. The molecule has 1 saturated carbocycles. The zero-order chi connectivity index (χ0) is 14.6. The molecule has 2 fully saturated rings. The summed E-state index contributed by atoms with van der Waals surface area (Å²) in [5.74, 6) is 0.532. The Morgan fingerprint density at radius 3 is 2.42 bits per heavy atom. The van der Waals surface area contributed by atoms with Crippen LogP contribution in [0.2, 0.25) is 0 Å². The molecule has 0 bridgehead atoms. The van der Waals surface area contributed by atoms with E-state index in [1.807, 2.05) is 0 Å². The van der Waals surface area contributed by atoms with Gasteiger partial charge in [-0.3, -0.25) is 9.13 Å². The summed E-state index contributed by atoms with van der Waals surface area (Å²) in [7, 11) is -6.29. The Morgan fingerprint density at radius 1 is 1.37 bits per heavy atom. The van der Waals surface area contributed by atoms with Crippen LogP contribution in [0.1, 0.15) is 13.8 Å². The average Bonchev–Trinajstić information content (AvgIpc) is 2.72. The molecule has 1 aliphatic carbocycles. The van der Waals surface area contributed by atoms with Crippen LogP contribution in [-0.4, -0.2) is 46.4 Å². The summed E-state index contributed by atoms with van der Waals surface area (Å²) in [4.78, 5) is 27.5. The Kier molecular flexibility index (Phi) is 3.91. The highest BCUT2D eigenvalue weighted by molar-refractivity contribution is 7.55. The third kappa shape index (κ3) is 3.22. The summed E-state index contributed by atoms with van der Waals surface area (Å²) >= 11 is 0. The lowest BCUT2D eigenvalue weighted by atomic mass is 9.93. The number of rotatable bonds is 4. The number of ether oxygens (including phenoxy) is 1. The number of hydrogen-bond donors (Lipinski definition) is 3. The van der Waals surface area contributed by atoms with Crippen molar-refractivity contribution in [2.75, 3.05) is 0 Å². The summed E-state index contributed by atoms with van der Waals surface area (Å²) in [6.45, 7) is 3.16. The first kappa shape index (κ1) is 15.5. The molecular weight excluding hydrogens is 293 g/mol. The van der Waals surface area contributed by atoms with Crippen LogP contribution in [0.25, 0.3) is 0 Å². The molecule has 1 heterocycles. The molecule has 108 valence electrons. The standard InChI is InChI=1S/C9H17BO7P2/c1-4(2)19(14,15)17-8-6-5(3-18(11,12)13)7(6)16-9(8)10/h3-4,6-9H,10H2,1-2H3,(H,14,15)(H2,11,12,13)/b5-3-/t6?,7-,8-,9-/m1/s1. The van der Waals surface area contributed by atoms with Gasteiger partial charge < -0.3 is 23.9 Å². The van der Waals surface area contributed by atoms with Crippen molar-refractivity contribution in [3.63, 3.8) is 0 Å². The zero-order valence-corrected chi connectivity index (χ0v) is 12.6. The Hall–Kier alpha value is 0.0649. The third-order valence-corrected chi connectivity index (χ3v) is 5.84. The highest BCUT2D eigenvalue weighted by Crippen LogP contribution is 2.60. The minimum atomic E-state index is -4.26. The van der Waals surface area contributed by atoms with E-state index in [-0.39, 0.29) is 11.9 Å². The molecule has 2 aliphatic rings. The van der Waals surface area contributed by atoms with Crippen molar-refractivity contribution in [2.45, 2.75) is 37.7 Å². The van der Waals surface area contributed by atoms with Crippen molar-refractivity contribution in [2.24, 2.45) is 5.92 Å². The molecule has 2 rings (SSSR count). The molecule has 3 N–H and O–H groups in total. The van der Waals surface area contributed by atoms with Crippen LogP contribution in [0.15, 0.2) is 11.4 Å². The second-order valence-electron chi connectivity index (χ2n) is 5.23. The molecule has 0 amide bonds. The second-order valence-corrected chi connectivity index (χ2v) is 9.04. The molecule has 10 heteroatoms. The lowest BCUT2D eigenvalue weighted by molar-refractivity contribution is 0.0721. The maximum absolute atomic E-state index is 11.9. The summed E-state index contributed by atoms with van der Waals surface area (Å²) < 4.78 is 33.5. The normalized spacial score (nSPS) is 39.4. The van der Waals surface area contributed by atoms with Crippen molar-refractivity contribution >= 4 is 23.0 Å². The Morgan fingerprint density at radius 2 is 1.95 bits per heavy atom. The van der Waals surface area contributed by atoms with E-state index in [0.29, 0.717) is 5.57 Å². The van der Waals surface area contributed by atoms with E-state index in [9.17, 15) is 14.0 Å². The fourth-order valence-electron chi connectivity index (χ4n) is 2.20. The van der Waals surface area contributed by atoms with Crippen molar-refractivity contribution in [3.05, 3.63) is 11.4 Å². The molecule has 7 nitrogen and oxygen atoms in total. The molecule has 0 aromatic heterocycles. The van der Waals surface area contributed by atoms with E-state index in [1.165, 1.54) is 0 Å². The quantitative estimate of drug-likeness (QED) is 0.495. The molecule has 1 saturated heterocycles. The summed E-state index contributed by atoms with van der Waals surface area (Å²) in [5, 5.41) is 0. The lowest BCUT2D eigenvalue weighted by Crippen LogP contribution is -2.29. The maximum atomic E-state index is 11.9. The number of hydrogen-bond acceptors (Lipinski definition) is 4. The van der Waals surface area contributed by atoms with E-state index in [0.717, 1.165) is 5.82 Å². The van der Waals surface area contributed by atoms with Crippen molar-refractivity contribution in [1.29, 1.82) is 0 Å². The SMILES string of the molecule is B[C@@H]1O[C@@H]2/C(=C\P(=O)(O)O)C2[C@H]1OP(=O)(O)C(C)C. The maximum Gasteiger partial charge on any atom is 0.349 e. The molecule has 19 heavy (non-hydrogen) atoms. The second kappa shape index (κ2) is 4.81. The van der Waals surface area contributed by atoms with E-state index in [1.54, 1.807) is 21.7 Å². The first-order valence-electron chi connectivity index (χ1n) is 5.97. The van der Waals surface area contributed by atoms with Gasteiger partial charge in [-0.05, 0) is 5.57 Å². The molecule has 2 unspecified atom stereocenters. The number of fused-ring (bicyclic) bond motifs is 1. The molecule has 0 spiro atoms. The van der Waals surface area contributed by atoms with Gasteiger partial charge in [-0.2, -0.15) is 0 Å². The van der Waals surface area contributed by atoms with Crippen molar-refractivity contribution in [1.82, 2.24) is 0 Å². The minimum Gasteiger partial charge on any atom is -0.376 e. The highest BCUT2D eigenvalue weighted by atomic mass is 31.2. The Balaban J connectivity index is 2.13. The summed E-state index contributed by atoms with van der Waals surface area (Å²) in [6.07, 6.45) is -1.04. The van der Waals surface area contributed by atoms with Crippen LogP contribution in [-0.2, 0) is 18.4 Å². The van der Waals surface area contributed by atoms with Gasteiger partial charge in [0.2, 0.25) is 0 Å². The van der Waals surface area contributed by atoms with Gasteiger partial charge >= 0.3 is 15.2 Å². The molecule has 1 aliphatic heterocycles. The fraction of sp³-hybridized carbons (Fsp3) is 0.778. The Labute approximate surface area is 112 Å². The van der Waals surface area contributed by atoms with Gasteiger partial charge in [-0.15, -0.1) is 0 Å². The van der Waals surface area contributed by atoms with Crippen LogP contribution >= 0.6 is 15.2 Å². The average molecular weight is 310 g/mol. The molecule has 0 aromatic rings. The molecule has 0 radical (unpaired) electrons. The molecule has 5 atom stereocenters. The van der Waals surface area contributed by atoms with Crippen molar-refractivity contribution < 1.29 is 33.1 Å². The zero-order valence-electron chi connectivity index (χ0n) is 10.8. The Bertz CT molecular complexity index is 499. The predicted octanol–water partition coefficient (Wildman–Crippen LogP) is 0.0148. The van der Waals surface area contributed by atoms with Gasteiger partial charge in [-0.1, -0.05) is 13.8 Å². The van der Waals surface area contributed by atoms with Crippen LogP contribution in [0, 0.1) is 5.92 Å². The fourth-order valence-corrected chi connectivity index (χ4v) is 3.81.